The van der Waals surface area contributed by atoms with Gasteiger partial charge in [0.1, 0.15) is 16.7 Å². The van der Waals surface area contributed by atoms with E-state index in [-0.39, 0.29) is 0 Å². The monoisotopic (exact) mass is 733 g/mol. The van der Waals surface area contributed by atoms with Gasteiger partial charge >= 0.3 is 0 Å². The van der Waals surface area contributed by atoms with Crippen LogP contribution in [0.5, 0.6) is 0 Å². The van der Waals surface area contributed by atoms with Crippen molar-refractivity contribution in [3.63, 3.8) is 0 Å². The van der Waals surface area contributed by atoms with E-state index >= 15 is 0 Å². The van der Waals surface area contributed by atoms with Crippen LogP contribution in [0.25, 0.3) is 97.1 Å². The summed E-state index contributed by atoms with van der Waals surface area (Å²) in [4.78, 5) is 2.35. The Hall–Kier alpha value is -7.14. The Kier molecular flexibility index (Phi) is 6.80. The predicted octanol–water partition coefficient (Wildman–Crippen LogP) is 15.8. The molecule has 0 aliphatic rings. The van der Waals surface area contributed by atoms with Crippen molar-refractivity contribution in [2.24, 2.45) is 0 Å². The van der Waals surface area contributed by atoms with Crippen molar-refractivity contribution in [3.05, 3.63) is 188 Å². The first-order valence-corrected chi connectivity index (χ1v) is 19.7. The number of para-hydroxylation sites is 4. The summed E-state index contributed by atoms with van der Waals surface area (Å²) >= 11 is 1.86. The zero-order valence-corrected chi connectivity index (χ0v) is 30.9. The Morgan fingerprint density at radius 1 is 0.375 bits per heavy atom. The fourth-order valence-electron chi connectivity index (χ4n) is 8.67. The molecule has 4 heteroatoms. The van der Waals surface area contributed by atoms with E-state index in [1.807, 2.05) is 23.5 Å². The number of hydrogen-bond acceptors (Lipinski definition) is 4. The van der Waals surface area contributed by atoms with Gasteiger partial charge in [0, 0.05) is 58.5 Å². The third-order valence-corrected chi connectivity index (χ3v) is 12.5. The van der Waals surface area contributed by atoms with Gasteiger partial charge in [-0.15, -0.1) is 11.3 Å². The molecule has 0 unspecified atom stereocenters. The van der Waals surface area contributed by atoms with Gasteiger partial charge in [0.25, 0.3) is 0 Å². The number of nitrogens with zero attached hydrogens (tertiary/aromatic N) is 1. The van der Waals surface area contributed by atoms with Crippen LogP contribution in [0.3, 0.4) is 0 Å². The molecule has 0 spiro atoms. The fraction of sp³-hybridized carbons (Fsp3) is 0. The summed E-state index contributed by atoms with van der Waals surface area (Å²) in [5, 5.41) is 9.37. The van der Waals surface area contributed by atoms with E-state index in [0.717, 1.165) is 77.5 Å². The summed E-state index contributed by atoms with van der Waals surface area (Å²) in [7, 11) is 0. The quantitative estimate of drug-likeness (QED) is 0.176. The maximum Gasteiger partial charge on any atom is 0.159 e. The Labute approximate surface area is 325 Å². The molecule has 0 amide bonds. The highest BCUT2D eigenvalue weighted by Crippen LogP contribution is 2.48. The van der Waals surface area contributed by atoms with E-state index in [2.05, 4.69) is 181 Å². The minimum atomic E-state index is 0.844. The third kappa shape index (κ3) is 4.70. The number of benzene rings is 9. The molecule has 262 valence electrons. The lowest BCUT2D eigenvalue weighted by molar-refractivity contribution is 0.669. The normalized spacial score (nSPS) is 11.9. The highest BCUT2D eigenvalue weighted by Gasteiger charge is 2.24. The van der Waals surface area contributed by atoms with Gasteiger partial charge in [-0.1, -0.05) is 140 Å². The molecule has 12 rings (SSSR count). The SMILES string of the molecule is c1ccc(N(c2ccc(-c3cccc4c3sc3ccccc34)cc2)c2cccc3c2oc2ccccc23)c(-c2cccc3c2oc2cc4ccccc4cc23)c1. The summed E-state index contributed by atoms with van der Waals surface area (Å²) in [5.74, 6) is 0. The third-order valence-electron chi connectivity index (χ3n) is 11.3. The standard InChI is InChI=1S/C52H31NO2S/c1-2-13-34-31-48-44(30-33(34)12-1)42-19-10-18-40(50(42)55-48)37-14-3-6-22-45(37)53(46-23-11-20-41-38-15-4-7-24-47(38)54-51(41)46)35-28-26-32(27-29-35)36-17-9-21-43-39-16-5-8-25-49(39)56-52(36)43/h1-31H. The Balaban J connectivity index is 1.08. The van der Waals surface area contributed by atoms with Gasteiger partial charge in [-0.2, -0.15) is 0 Å². The van der Waals surface area contributed by atoms with Crippen LogP contribution >= 0.6 is 11.3 Å². The van der Waals surface area contributed by atoms with Crippen molar-refractivity contribution in [3.8, 4) is 22.3 Å². The molecule has 56 heavy (non-hydrogen) atoms. The highest BCUT2D eigenvalue weighted by molar-refractivity contribution is 7.26. The van der Waals surface area contributed by atoms with E-state index in [1.165, 1.54) is 36.7 Å². The van der Waals surface area contributed by atoms with E-state index in [1.54, 1.807) is 0 Å². The van der Waals surface area contributed by atoms with Gasteiger partial charge in [0.2, 0.25) is 0 Å². The summed E-state index contributed by atoms with van der Waals surface area (Å²) in [6.07, 6.45) is 0. The first kappa shape index (κ1) is 31.2. The van der Waals surface area contributed by atoms with Crippen LogP contribution in [0.4, 0.5) is 17.1 Å². The molecule has 3 aromatic heterocycles. The first-order valence-electron chi connectivity index (χ1n) is 18.9. The smallest absolute Gasteiger partial charge is 0.159 e. The van der Waals surface area contributed by atoms with Crippen LogP contribution in [0.15, 0.2) is 197 Å². The first-order chi connectivity index (χ1) is 27.8. The Morgan fingerprint density at radius 3 is 1.86 bits per heavy atom. The average molecular weight is 734 g/mol. The van der Waals surface area contributed by atoms with E-state index in [9.17, 15) is 0 Å². The molecule has 0 radical (unpaired) electrons. The molecule has 0 bridgehead atoms. The second kappa shape index (κ2) is 12.2. The summed E-state index contributed by atoms with van der Waals surface area (Å²) in [6, 6.07) is 67.1. The molecule has 3 heterocycles. The van der Waals surface area contributed by atoms with E-state index in [0.29, 0.717) is 0 Å². The fourth-order valence-corrected chi connectivity index (χ4v) is 9.91. The number of furan rings is 2. The predicted molar refractivity (Wildman–Crippen MR) is 237 cm³/mol. The maximum absolute atomic E-state index is 6.79. The number of anilines is 3. The molecule has 0 saturated carbocycles. The molecular weight excluding hydrogens is 703 g/mol. The second-order valence-corrected chi connectivity index (χ2v) is 15.5. The van der Waals surface area contributed by atoms with Gasteiger partial charge in [-0.3, -0.25) is 0 Å². The van der Waals surface area contributed by atoms with Crippen LogP contribution in [0.1, 0.15) is 0 Å². The van der Waals surface area contributed by atoms with Gasteiger partial charge in [-0.25, -0.2) is 0 Å². The highest BCUT2D eigenvalue weighted by atomic mass is 32.1. The van der Waals surface area contributed by atoms with Crippen molar-refractivity contribution < 1.29 is 8.83 Å². The Bertz CT molecular complexity index is 3500. The van der Waals surface area contributed by atoms with Crippen LogP contribution < -0.4 is 4.90 Å². The summed E-state index contributed by atoms with van der Waals surface area (Å²) in [5.41, 5.74) is 11.0. The van der Waals surface area contributed by atoms with Crippen molar-refractivity contribution in [2.75, 3.05) is 4.90 Å². The molecule has 3 nitrogen and oxygen atoms in total. The van der Waals surface area contributed by atoms with Crippen LogP contribution in [-0.4, -0.2) is 0 Å². The molecule has 0 N–H and O–H groups in total. The minimum Gasteiger partial charge on any atom is -0.455 e. The molecule has 0 atom stereocenters. The number of thiophene rings is 1. The number of rotatable bonds is 5. The van der Waals surface area contributed by atoms with E-state index < -0.39 is 0 Å². The zero-order valence-electron chi connectivity index (χ0n) is 30.1. The molecule has 12 aromatic rings. The topological polar surface area (TPSA) is 29.5 Å². The van der Waals surface area contributed by atoms with Crippen LogP contribution in [-0.2, 0) is 0 Å². The van der Waals surface area contributed by atoms with Crippen molar-refractivity contribution in [1.29, 1.82) is 0 Å². The largest absolute Gasteiger partial charge is 0.455 e. The zero-order chi connectivity index (χ0) is 36.7. The average Bonchev–Trinajstić information content (AvgIpc) is 3.95. The molecule has 9 aromatic carbocycles. The molecular formula is C52H31NO2S. The van der Waals surface area contributed by atoms with Gasteiger partial charge < -0.3 is 13.7 Å². The van der Waals surface area contributed by atoms with Crippen LogP contribution in [0, 0.1) is 0 Å². The summed E-state index contributed by atoms with van der Waals surface area (Å²) < 4.78 is 16.1. The lowest BCUT2D eigenvalue weighted by Gasteiger charge is -2.28. The second-order valence-electron chi connectivity index (χ2n) is 14.4. The number of fused-ring (bicyclic) bond motifs is 10. The lowest BCUT2D eigenvalue weighted by atomic mass is 9.98. The summed E-state index contributed by atoms with van der Waals surface area (Å²) in [6.45, 7) is 0. The number of hydrogen-bond donors (Lipinski definition) is 0. The Morgan fingerprint density at radius 2 is 0.982 bits per heavy atom. The molecule has 0 saturated heterocycles. The minimum absolute atomic E-state index is 0.844. The van der Waals surface area contributed by atoms with Crippen molar-refractivity contribution in [2.45, 2.75) is 0 Å². The van der Waals surface area contributed by atoms with E-state index in [4.69, 9.17) is 8.83 Å². The maximum atomic E-state index is 6.79. The molecule has 0 aliphatic carbocycles. The molecule has 0 aliphatic heterocycles. The van der Waals surface area contributed by atoms with Crippen LogP contribution in [0.2, 0.25) is 0 Å². The molecule has 0 fully saturated rings. The van der Waals surface area contributed by atoms with Gasteiger partial charge in [0.05, 0.1) is 11.4 Å². The van der Waals surface area contributed by atoms with Gasteiger partial charge in [0.15, 0.2) is 5.58 Å². The van der Waals surface area contributed by atoms with Crippen molar-refractivity contribution in [1.82, 2.24) is 0 Å². The lowest BCUT2D eigenvalue weighted by Crippen LogP contribution is -2.11. The van der Waals surface area contributed by atoms with Gasteiger partial charge in [-0.05, 0) is 70.4 Å². The van der Waals surface area contributed by atoms with Crippen molar-refractivity contribution >= 4 is 103 Å².